The number of fused-ring (bicyclic) bond motifs is 2. The number of carbonyl (C=O) groups is 1. The molecule has 52 heavy (non-hydrogen) atoms. The summed E-state index contributed by atoms with van der Waals surface area (Å²) in [7, 11) is -2.66. The number of hydrogen-bond acceptors (Lipinski definition) is 7. The van der Waals surface area contributed by atoms with Crippen LogP contribution < -0.4 is 14.8 Å². The number of aryl methyl sites for hydroxylation is 1. The first-order chi connectivity index (χ1) is 25.4. The Hall–Kier alpha value is -5.94. The molecular formula is C41H38N6O4S. The van der Waals surface area contributed by atoms with Crippen LogP contribution in [0.3, 0.4) is 0 Å². The van der Waals surface area contributed by atoms with Gasteiger partial charge < -0.3 is 14.8 Å². The van der Waals surface area contributed by atoms with E-state index in [1.807, 2.05) is 109 Å². The monoisotopic (exact) mass is 710 g/mol. The number of methoxy groups -OCH3 is 1. The topological polar surface area (TPSA) is 122 Å². The van der Waals surface area contributed by atoms with E-state index in [1.54, 1.807) is 18.0 Å². The number of ether oxygens (including phenoxy) is 2. The molecule has 0 bridgehead atoms. The van der Waals surface area contributed by atoms with Gasteiger partial charge in [-0.2, -0.15) is 5.10 Å². The van der Waals surface area contributed by atoms with Gasteiger partial charge in [0.05, 0.1) is 25.5 Å². The number of rotatable bonds is 9. The lowest BCUT2D eigenvalue weighted by Crippen LogP contribution is -2.55. The summed E-state index contributed by atoms with van der Waals surface area (Å²) in [5.41, 5.74) is 4.74. The molecule has 1 aliphatic carbocycles. The second kappa shape index (κ2) is 13.6. The van der Waals surface area contributed by atoms with Crippen molar-refractivity contribution in [3.63, 3.8) is 0 Å². The molecule has 2 aromatic heterocycles. The molecular weight excluding hydrogens is 673 g/mol. The number of carbonyl (C=O) groups excluding carboxylic acids is 1. The van der Waals surface area contributed by atoms with Crippen molar-refractivity contribution in [2.75, 3.05) is 19.0 Å². The fraction of sp³-hybridized carbons (Fsp3) is 0.195. The molecule has 4 aromatic carbocycles. The van der Waals surface area contributed by atoms with Crippen LogP contribution in [0.2, 0.25) is 0 Å². The predicted molar refractivity (Wildman–Crippen MR) is 200 cm³/mol. The number of nitrogens with zero attached hydrogens (tertiary/aromatic N) is 4. The van der Waals surface area contributed by atoms with Gasteiger partial charge in [0.1, 0.15) is 17.0 Å². The van der Waals surface area contributed by atoms with Crippen LogP contribution in [0.5, 0.6) is 11.8 Å². The Bertz CT molecular complexity index is 2250. The van der Waals surface area contributed by atoms with E-state index in [4.69, 9.17) is 9.47 Å². The summed E-state index contributed by atoms with van der Waals surface area (Å²) >= 11 is 0. The maximum absolute atomic E-state index is 15.8. The molecule has 0 spiro atoms. The van der Waals surface area contributed by atoms with E-state index in [2.05, 4.69) is 21.5 Å². The van der Waals surface area contributed by atoms with Crippen molar-refractivity contribution < 1.29 is 18.5 Å². The van der Waals surface area contributed by atoms with Crippen LogP contribution in [0.1, 0.15) is 40.7 Å². The van der Waals surface area contributed by atoms with E-state index in [0.717, 1.165) is 47.9 Å². The zero-order chi connectivity index (χ0) is 35.7. The van der Waals surface area contributed by atoms with Gasteiger partial charge >= 0.3 is 6.03 Å². The van der Waals surface area contributed by atoms with Crippen LogP contribution in [0.25, 0.3) is 11.1 Å². The van der Waals surface area contributed by atoms with Crippen LogP contribution in [0.15, 0.2) is 133 Å². The minimum Gasteiger partial charge on any atom is -0.481 e. The molecule has 1 atom stereocenters. The zero-order valence-corrected chi connectivity index (χ0v) is 29.5. The fourth-order valence-corrected chi connectivity index (χ4v) is 9.36. The van der Waals surface area contributed by atoms with Gasteiger partial charge in [0.2, 0.25) is 11.8 Å². The molecule has 1 unspecified atom stereocenters. The number of nitrogens with one attached hydrogen (secondary N) is 2. The van der Waals surface area contributed by atoms with Crippen LogP contribution in [0, 0.1) is 4.78 Å². The third-order valence-electron chi connectivity index (χ3n) is 9.94. The van der Waals surface area contributed by atoms with Gasteiger partial charge in [-0.1, -0.05) is 103 Å². The molecule has 10 nitrogen and oxygen atoms in total. The highest BCUT2D eigenvalue weighted by Gasteiger charge is 2.51. The van der Waals surface area contributed by atoms with Crippen molar-refractivity contribution in [2.24, 2.45) is 0 Å². The summed E-state index contributed by atoms with van der Waals surface area (Å²) in [6.45, 7) is 0.779. The van der Waals surface area contributed by atoms with E-state index >= 15 is 9.00 Å². The summed E-state index contributed by atoms with van der Waals surface area (Å²) in [5.74, 6) is 0.664. The lowest BCUT2D eigenvalue weighted by atomic mass is 9.77. The second-order valence-electron chi connectivity index (χ2n) is 12.9. The SMILES string of the molecule is COc1cc(-c2ccc3c(c2NC(=O)N(C(c2ccccc2)(c2ccccc2)c2ccccc2)S(=N)(=O)c2cnn4c2OCC4)CCCC3)ccn1. The third-order valence-corrected chi connectivity index (χ3v) is 11.8. The minimum atomic E-state index is -4.23. The molecule has 0 saturated carbocycles. The highest BCUT2D eigenvalue weighted by molar-refractivity contribution is 7.90. The highest BCUT2D eigenvalue weighted by Crippen LogP contribution is 2.48. The van der Waals surface area contributed by atoms with Gasteiger partial charge in [-0.3, -0.25) is 0 Å². The molecule has 8 rings (SSSR count). The first kappa shape index (κ1) is 33.2. The Morgan fingerprint density at radius 2 is 1.54 bits per heavy atom. The van der Waals surface area contributed by atoms with Crippen molar-refractivity contribution in [1.29, 1.82) is 4.78 Å². The Kier molecular flexibility index (Phi) is 8.72. The number of benzene rings is 4. The fourth-order valence-electron chi connectivity index (χ4n) is 7.59. The Labute approximate surface area is 303 Å². The number of aromatic nitrogens is 3. The quantitative estimate of drug-likeness (QED) is 0.146. The molecule has 0 radical (unpaired) electrons. The number of hydrogen-bond donors (Lipinski definition) is 2. The summed E-state index contributed by atoms with van der Waals surface area (Å²) < 4.78 is 40.0. The van der Waals surface area contributed by atoms with Crippen LogP contribution in [-0.2, 0) is 34.8 Å². The summed E-state index contributed by atoms with van der Waals surface area (Å²) in [4.78, 5) is 20.1. The normalized spacial score (nSPS) is 14.7. The summed E-state index contributed by atoms with van der Waals surface area (Å²) in [6, 6.07) is 35.6. The van der Waals surface area contributed by atoms with E-state index in [9.17, 15) is 4.78 Å². The predicted octanol–water partition coefficient (Wildman–Crippen LogP) is 8.07. The molecule has 6 aromatic rings. The van der Waals surface area contributed by atoms with E-state index in [0.29, 0.717) is 41.4 Å². The Balaban J connectivity index is 1.42. The summed E-state index contributed by atoms with van der Waals surface area (Å²) in [6.07, 6.45) is 6.70. The molecule has 2 aliphatic rings. The van der Waals surface area contributed by atoms with Crippen molar-refractivity contribution in [3.05, 3.63) is 155 Å². The highest BCUT2D eigenvalue weighted by atomic mass is 32.2. The number of urea groups is 1. The number of pyridine rings is 1. The molecule has 3 heterocycles. The van der Waals surface area contributed by atoms with Gasteiger partial charge in [-0.15, -0.1) is 0 Å². The lowest BCUT2D eigenvalue weighted by Gasteiger charge is -2.45. The third kappa shape index (κ3) is 5.57. The van der Waals surface area contributed by atoms with Crippen LogP contribution in [-0.4, -0.2) is 43.0 Å². The molecule has 1 aliphatic heterocycles. The molecule has 262 valence electrons. The average molecular weight is 711 g/mol. The largest absolute Gasteiger partial charge is 0.481 e. The van der Waals surface area contributed by atoms with E-state index in [-0.39, 0.29) is 10.8 Å². The van der Waals surface area contributed by atoms with Crippen molar-refractivity contribution >= 4 is 21.6 Å². The average Bonchev–Trinajstić information content (AvgIpc) is 3.83. The zero-order valence-electron chi connectivity index (χ0n) is 28.7. The van der Waals surface area contributed by atoms with Gasteiger partial charge in [0, 0.05) is 17.8 Å². The second-order valence-corrected chi connectivity index (χ2v) is 14.7. The van der Waals surface area contributed by atoms with Gasteiger partial charge in [-0.05, 0) is 65.1 Å². The van der Waals surface area contributed by atoms with Crippen molar-refractivity contribution in [2.45, 2.75) is 42.7 Å². The van der Waals surface area contributed by atoms with Crippen LogP contribution >= 0.6 is 0 Å². The smallest absolute Gasteiger partial charge is 0.336 e. The number of anilines is 1. The standard InChI is InChI=1S/C41H38N6O4S/c1-50-37-27-30(23-24-43-37)35-22-21-29-13-11-12-20-34(29)38(35)45-40(48)47(52(42,49)36-28-44-46-25-26-51-39(36)46)41(31-14-5-2-6-15-31,32-16-7-3-8-17-32)33-18-9-4-10-19-33/h2-10,14-19,21-24,27-28,42H,11-13,20,25-26H2,1H3,(H,45,48). The van der Waals surface area contributed by atoms with Gasteiger partial charge in [-0.25, -0.2) is 27.8 Å². The molecule has 2 N–H and O–H groups in total. The van der Waals surface area contributed by atoms with Crippen molar-refractivity contribution in [3.8, 4) is 22.9 Å². The van der Waals surface area contributed by atoms with Crippen LogP contribution in [0.4, 0.5) is 10.5 Å². The first-order valence-electron chi connectivity index (χ1n) is 17.3. The summed E-state index contributed by atoms with van der Waals surface area (Å²) in [5, 5.41) is 7.72. The Morgan fingerprint density at radius 1 is 0.904 bits per heavy atom. The van der Waals surface area contributed by atoms with E-state index in [1.165, 1.54) is 10.5 Å². The van der Waals surface area contributed by atoms with Crippen molar-refractivity contribution in [1.82, 2.24) is 19.1 Å². The lowest BCUT2D eigenvalue weighted by molar-refractivity contribution is 0.217. The maximum Gasteiger partial charge on any atom is 0.336 e. The Morgan fingerprint density at radius 3 is 2.17 bits per heavy atom. The molecule has 0 saturated heterocycles. The first-order valence-corrected chi connectivity index (χ1v) is 18.8. The molecule has 0 fully saturated rings. The minimum absolute atomic E-state index is 0.0292. The molecule has 11 heteroatoms. The van der Waals surface area contributed by atoms with Gasteiger partial charge in [0.15, 0.2) is 9.92 Å². The molecule has 2 amide bonds. The van der Waals surface area contributed by atoms with E-state index < -0.39 is 21.5 Å². The maximum atomic E-state index is 15.8. The number of amides is 2. The van der Waals surface area contributed by atoms with Gasteiger partial charge in [0.25, 0.3) is 0 Å².